The first-order valence-electron chi connectivity index (χ1n) is 9.58. The molecular weight excluding hydrogens is 450 g/mol. The van der Waals surface area contributed by atoms with Crippen LogP contribution in [0.2, 0.25) is 0 Å². The van der Waals surface area contributed by atoms with Crippen LogP contribution in [0.1, 0.15) is 32.5 Å². The summed E-state index contributed by atoms with van der Waals surface area (Å²) in [7, 11) is 1.64. The van der Waals surface area contributed by atoms with Crippen molar-refractivity contribution in [3.05, 3.63) is 52.5 Å². The summed E-state index contributed by atoms with van der Waals surface area (Å²) in [4.78, 5) is 29.9. The molecule has 0 unspecified atom stereocenters. The van der Waals surface area contributed by atoms with Gasteiger partial charge in [-0.2, -0.15) is 0 Å². The van der Waals surface area contributed by atoms with Crippen molar-refractivity contribution in [3.63, 3.8) is 0 Å². The van der Waals surface area contributed by atoms with Gasteiger partial charge in [0.15, 0.2) is 0 Å². The lowest BCUT2D eigenvalue weighted by Gasteiger charge is -2.02. The van der Waals surface area contributed by atoms with E-state index in [9.17, 15) is 9.59 Å². The lowest BCUT2D eigenvalue weighted by molar-refractivity contribution is 0.0526. The van der Waals surface area contributed by atoms with Gasteiger partial charge in [-0.15, -0.1) is 21.5 Å². The molecule has 0 aliphatic heterocycles. The summed E-state index contributed by atoms with van der Waals surface area (Å²) < 4.78 is 10.2. The molecule has 3 heterocycles. The van der Waals surface area contributed by atoms with Gasteiger partial charge in [-0.3, -0.25) is 10.1 Å². The third-order valence-electron chi connectivity index (χ3n) is 4.43. The number of carbonyl (C=O) groups excluding carboxylic acids is 2. The molecule has 164 valence electrons. The number of amides is 1. The number of nitrogens with zero attached hydrogens (tertiary/aromatic N) is 3. The highest BCUT2D eigenvalue weighted by molar-refractivity contribution is 7.21. The van der Waals surface area contributed by atoms with E-state index in [2.05, 4.69) is 20.5 Å². The number of thiophene rings is 1. The van der Waals surface area contributed by atoms with Gasteiger partial charge in [0.2, 0.25) is 5.13 Å². The number of esters is 1. The van der Waals surface area contributed by atoms with Crippen molar-refractivity contribution in [2.75, 3.05) is 24.8 Å². The monoisotopic (exact) mass is 469 g/mol. The Morgan fingerprint density at radius 2 is 2.03 bits per heavy atom. The number of hydrogen-bond acceptors (Lipinski definition) is 10. The molecule has 3 aromatic heterocycles. The summed E-state index contributed by atoms with van der Waals surface area (Å²) >= 11 is 2.39. The number of anilines is 2. The molecule has 11 heteroatoms. The number of benzene rings is 1. The summed E-state index contributed by atoms with van der Waals surface area (Å²) in [6.07, 6.45) is 1.41. The molecule has 4 rings (SSSR count). The van der Waals surface area contributed by atoms with Gasteiger partial charge in [-0.05, 0) is 24.6 Å². The molecule has 1 amide bonds. The van der Waals surface area contributed by atoms with Crippen molar-refractivity contribution >= 4 is 55.6 Å². The number of fused-ring (bicyclic) bond motifs is 1. The molecule has 0 atom stereocenters. The largest absolute Gasteiger partial charge is 0.462 e. The maximum absolute atomic E-state index is 12.8. The average molecular weight is 470 g/mol. The number of rotatable bonds is 7. The van der Waals surface area contributed by atoms with Gasteiger partial charge in [0.05, 0.1) is 24.5 Å². The summed E-state index contributed by atoms with van der Waals surface area (Å²) in [6.45, 7) is 2.47. The number of aromatic nitrogens is 3. The van der Waals surface area contributed by atoms with Crippen LogP contribution in [-0.2, 0) is 16.1 Å². The molecule has 1 aromatic carbocycles. The lowest BCUT2D eigenvalue weighted by atomic mass is 10.1. The number of pyridine rings is 1. The zero-order valence-corrected chi connectivity index (χ0v) is 18.9. The lowest BCUT2D eigenvalue weighted by Crippen LogP contribution is -2.11. The van der Waals surface area contributed by atoms with E-state index in [0.29, 0.717) is 27.0 Å². The van der Waals surface area contributed by atoms with Gasteiger partial charge in [0.1, 0.15) is 14.7 Å². The molecule has 0 bridgehead atoms. The van der Waals surface area contributed by atoms with E-state index < -0.39 is 11.9 Å². The van der Waals surface area contributed by atoms with Gasteiger partial charge >= 0.3 is 5.97 Å². The van der Waals surface area contributed by atoms with Crippen molar-refractivity contribution in [3.8, 4) is 10.6 Å². The Bertz CT molecular complexity index is 1300. The second-order valence-electron chi connectivity index (χ2n) is 6.64. The van der Waals surface area contributed by atoms with Gasteiger partial charge in [-0.25, -0.2) is 9.78 Å². The molecule has 0 saturated heterocycles. The first-order valence-corrected chi connectivity index (χ1v) is 11.2. The Morgan fingerprint density at radius 1 is 1.19 bits per heavy atom. The van der Waals surface area contributed by atoms with Gasteiger partial charge in [-0.1, -0.05) is 29.5 Å². The van der Waals surface area contributed by atoms with Crippen LogP contribution >= 0.6 is 22.7 Å². The number of nitrogens with two attached hydrogens (primary N) is 1. The molecule has 0 fully saturated rings. The molecular formula is C21H19N5O4S2. The van der Waals surface area contributed by atoms with Crippen LogP contribution in [0.4, 0.5) is 10.8 Å². The Labute approximate surface area is 191 Å². The van der Waals surface area contributed by atoms with Gasteiger partial charge in [0.25, 0.3) is 5.91 Å². The molecule has 32 heavy (non-hydrogen) atoms. The first kappa shape index (κ1) is 21.8. The molecule has 0 saturated carbocycles. The van der Waals surface area contributed by atoms with E-state index in [-0.39, 0.29) is 22.7 Å². The molecule has 3 N–H and O–H groups in total. The third kappa shape index (κ3) is 4.44. The van der Waals surface area contributed by atoms with E-state index in [1.54, 1.807) is 20.1 Å². The predicted octanol–water partition coefficient (Wildman–Crippen LogP) is 3.97. The minimum atomic E-state index is -0.491. The van der Waals surface area contributed by atoms with Crippen molar-refractivity contribution < 1.29 is 19.1 Å². The molecule has 9 nitrogen and oxygen atoms in total. The van der Waals surface area contributed by atoms with Crippen LogP contribution < -0.4 is 11.1 Å². The second kappa shape index (κ2) is 9.39. The summed E-state index contributed by atoms with van der Waals surface area (Å²) in [5.74, 6) is -0.909. The Hall–Kier alpha value is -3.41. The van der Waals surface area contributed by atoms with E-state index in [4.69, 9.17) is 15.2 Å². The zero-order chi connectivity index (χ0) is 22.7. The average Bonchev–Trinajstić information content (AvgIpc) is 3.39. The van der Waals surface area contributed by atoms with Crippen molar-refractivity contribution in [2.45, 2.75) is 13.5 Å². The van der Waals surface area contributed by atoms with E-state index in [0.717, 1.165) is 22.5 Å². The molecule has 4 aromatic rings. The Morgan fingerprint density at radius 3 is 2.81 bits per heavy atom. The maximum atomic E-state index is 12.8. The SMILES string of the molecule is CCOC(=O)c1cnc2sc(C(=O)Nc3nnc(-c4cccc(COC)c4)s3)c(N)c2c1. The number of nitrogen functional groups attached to an aromatic ring is 1. The van der Waals surface area contributed by atoms with Crippen LogP contribution in [0.3, 0.4) is 0 Å². The number of nitrogens with one attached hydrogen (secondary N) is 1. The van der Waals surface area contributed by atoms with Crippen LogP contribution in [-0.4, -0.2) is 40.8 Å². The van der Waals surface area contributed by atoms with Crippen LogP contribution in [0.25, 0.3) is 20.8 Å². The second-order valence-corrected chi connectivity index (χ2v) is 8.62. The Balaban J connectivity index is 1.55. The fourth-order valence-corrected chi connectivity index (χ4v) is 4.68. The molecule has 0 spiro atoms. The highest BCUT2D eigenvalue weighted by atomic mass is 32.1. The number of methoxy groups -OCH3 is 1. The number of ether oxygens (including phenoxy) is 2. The van der Waals surface area contributed by atoms with Crippen molar-refractivity contribution in [1.82, 2.24) is 15.2 Å². The van der Waals surface area contributed by atoms with E-state index in [1.807, 2.05) is 24.3 Å². The number of hydrogen-bond donors (Lipinski definition) is 2. The quantitative estimate of drug-likeness (QED) is 0.389. The van der Waals surface area contributed by atoms with Crippen LogP contribution in [0.5, 0.6) is 0 Å². The fraction of sp³-hybridized carbons (Fsp3) is 0.190. The Kier molecular flexibility index (Phi) is 6.40. The minimum absolute atomic E-state index is 0.248. The van der Waals surface area contributed by atoms with Crippen molar-refractivity contribution in [2.24, 2.45) is 0 Å². The van der Waals surface area contributed by atoms with E-state index in [1.165, 1.54) is 17.5 Å². The van der Waals surface area contributed by atoms with E-state index >= 15 is 0 Å². The normalized spacial score (nSPS) is 10.9. The molecule has 0 aliphatic rings. The summed E-state index contributed by atoms with van der Waals surface area (Å²) in [5, 5.41) is 12.5. The zero-order valence-electron chi connectivity index (χ0n) is 17.2. The predicted molar refractivity (Wildman–Crippen MR) is 124 cm³/mol. The van der Waals surface area contributed by atoms with Crippen LogP contribution in [0, 0.1) is 0 Å². The maximum Gasteiger partial charge on any atom is 0.339 e. The van der Waals surface area contributed by atoms with Gasteiger partial charge < -0.3 is 15.2 Å². The fourth-order valence-electron chi connectivity index (χ4n) is 3.00. The summed E-state index contributed by atoms with van der Waals surface area (Å²) in [5.41, 5.74) is 8.61. The van der Waals surface area contributed by atoms with Crippen LogP contribution in [0.15, 0.2) is 36.5 Å². The minimum Gasteiger partial charge on any atom is -0.462 e. The standard InChI is InChI=1S/C21H19N5O4S2/c1-3-30-20(28)13-8-14-15(22)16(31-19(14)23-9-13)17(27)24-21-26-25-18(32-21)12-6-4-5-11(7-12)10-29-2/h4-9H,3,10,22H2,1-2H3,(H,24,26,27). The number of carbonyl (C=O) groups is 2. The van der Waals surface area contributed by atoms with Crippen molar-refractivity contribution in [1.29, 1.82) is 0 Å². The smallest absolute Gasteiger partial charge is 0.339 e. The summed E-state index contributed by atoms with van der Waals surface area (Å²) in [6, 6.07) is 9.34. The highest BCUT2D eigenvalue weighted by Crippen LogP contribution is 2.34. The first-order chi connectivity index (χ1) is 15.5. The van der Waals surface area contributed by atoms with Gasteiger partial charge in [0, 0.05) is 24.3 Å². The highest BCUT2D eigenvalue weighted by Gasteiger charge is 2.20. The third-order valence-corrected chi connectivity index (χ3v) is 6.45. The molecule has 0 radical (unpaired) electrons. The topological polar surface area (TPSA) is 129 Å². The molecule has 0 aliphatic carbocycles.